The minimum atomic E-state index is -4.75. The Kier molecular flexibility index (Phi) is 8.97. The van der Waals surface area contributed by atoms with E-state index in [0.29, 0.717) is 46.6 Å². The van der Waals surface area contributed by atoms with Gasteiger partial charge in [-0.3, -0.25) is 24.8 Å². The SMILES string of the molecule is CC(C)(C)C(=O)c1c(NC(=O)NCc2c(C(F)(F)F)sc3c2CCN(c2ccc(S(=O)(=O)O)cc2[N+](=O)[O-])C3)sc2c1CCOC2. The maximum absolute atomic E-state index is 14.2. The Hall–Kier alpha value is -3.58. The van der Waals surface area contributed by atoms with Gasteiger partial charge in [-0.05, 0) is 41.7 Å². The van der Waals surface area contributed by atoms with Crippen LogP contribution >= 0.6 is 22.7 Å². The molecule has 3 aromatic rings. The van der Waals surface area contributed by atoms with Crippen molar-refractivity contribution in [2.24, 2.45) is 5.41 Å². The number of rotatable bonds is 7. The third kappa shape index (κ3) is 6.76. The van der Waals surface area contributed by atoms with E-state index in [-0.39, 0.29) is 48.0 Å². The molecule has 3 N–H and O–H groups in total. The van der Waals surface area contributed by atoms with E-state index in [2.05, 4.69) is 10.6 Å². The number of alkyl halides is 3. The first kappa shape index (κ1) is 33.8. The van der Waals surface area contributed by atoms with E-state index in [1.807, 2.05) is 0 Å². The van der Waals surface area contributed by atoms with Crippen molar-refractivity contribution in [3.8, 4) is 0 Å². The third-order valence-electron chi connectivity index (χ3n) is 7.59. The Morgan fingerprint density at radius 2 is 1.85 bits per heavy atom. The number of fused-ring (bicyclic) bond motifs is 2. The highest BCUT2D eigenvalue weighted by Crippen LogP contribution is 2.45. The molecule has 2 aliphatic rings. The molecule has 0 saturated heterocycles. The molecule has 0 unspecified atom stereocenters. The summed E-state index contributed by atoms with van der Waals surface area (Å²) in [5, 5.41) is 17.2. The minimum absolute atomic E-state index is 0.0197. The summed E-state index contributed by atoms with van der Waals surface area (Å²) < 4.78 is 80.3. The molecule has 2 aromatic heterocycles. The van der Waals surface area contributed by atoms with Crippen LogP contribution in [0.1, 0.15) is 62.5 Å². The summed E-state index contributed by atoms with van der Waals surface area (Å²) in [6.45, 7) is 5.44. The van der Waals surface area contributed by atoms with Crippen LogP contribution in [0.15, 0.2) is 23.1 Å². The lowest BCUT2D eigenvalue weighted by molar-refractivity contribution is -0.384. The first-order valence-electron chi connectivity index (χ1n) is 13.9. The number of carbonyl (C=O) groups is 2. The van der Waals surface area contributed by atoms with Gasteiger partial charge in [0, 0.05) is 34.3 Å². The molecule has 5 rings (SSSR count). The highest BCUT2D eigenvalue weighted by molar-refractivity contribution is 7.85. The van der Waals surface area contributed by atoms with E-state index < -0.39 is 54.7 Å². The van der Waals surface area contributed by atoms with Crippen LogP contribution in [0.5, 0.6) is 0 Å². The molecule has 18 heteroatoms. The van der Waals surface area contributed by atoms with Crippen LogP contribution in [-0.4, -0.2) is 42.9 Å². The van der Waals surface area contributed by atoms with Crippen LogP contribution in [0, 0.1) is 15.5 Å². The second-order valence-electron chi connectivity index (χ2n) is 11.8. The first-order chi connectivity index (χ1) is 21.4. The topological polar surface area (TPSA) is 168 Å². The molecule has 0 fully saturated rings. The Morgan fingerprint density at radius 3 is 2.48 bits per heavy atom. The second-order valence-corrected chi connectivity index (χ2v) is 15.4. The van der Waals surface area contributed by atoms with Gasteiger partial charge in [-0.2, -0.15) is 21.6 Å². The van der Waals surface area contributed by atoms with Gasteiger partial charge in [0.1, 0.15) is 20.5 Å². The average Bonchev–Trinajstić information content (AvgIpc) is 3.51. The number of urea groups is 1. The highest BCUT2D eigenvalue weighted by Gasteiger charge is 2.40. The van der Waals surface area contributed by atoms with E-state index >= 15 is 0 Å². The molecule has 1 aromatic carbocycles. The fourth-order valence-corrected chi connectivity index (χ4v) is 8.35. The van der Waals surface area contributed by atoms with Crippen molar-refractivity contribution in [1.82, 2.24) is 5.32 Å². The molecule has 46 heavy (non-hydrogen) atoms. The lowest BCUT2D eigenvalue weighted by Gasteiger charge is -2.29. The molecule has 2 aliphatic heterocycles. The third-order valence-corrected chi connectivity index (χ3v) is 10.9. The molecular weight excluding hydrogens is 674 g/mol. The molecule has 0 aliphatic carbocycles. The van der Waals surface area contributed by atoms with Crippen molar-refractivity contribution >= 4 is 61.0 Å². The van der Waals surface area contributed by atoms with Crippen LogP contribution in [-0.2, 0) is 53.6 Å². The van der Waals surface area contributed by atoms with Crippen molar-refractivity contribution in [2.45, 2.75) is 64.4 Å². The molecule has 0 spiro atoms. The summed E-state index contributed by atoms with van der Waals surface area (Å²) in [6.07, 6.45) is -4.20. The molecular formula is C28H29F3N4O8S3. The van der Waals surface area contributed by atoms with Crippen LogP contribution in [0.25, 0.3) is 0 Å². The Morgan fingerprint density at radius 1 is 1.13 bits per heavy atom. The molecule has 4 heterocycles. The van der Waals surface area contributed by atoms with Gasteiger partial charge in [0.2, 0.25) is 0 Å². The number of benzene rings is 1. The van der Waals surface area contributed by atoms with Gasteiger partial charge in [0.05, 0.1) is 30.2 Å². The number of Topliss-reactive ketones (excluding diaryl/α,β-unsaturated/α-hetero) is 1. The number of nitrogens with zero attached hydrogens (tertiary/aromatic N) is 2. The Labute approximate surface area is 269 Å². The standard InChI is InChI=1S/C28H29F3N4O8S3/c1-27(2,3)23(36)22-16-7-9-43-13-21(16)45-25(22)33-26(37)32-11-17-15-6-8-34(12-20(15)44-24(17)28(29,30)31)18-5-4-14(46(40,41)42)10-19(18)35(38)39/h4-5,10H,6-9,11-13H2,1-3H3,(H2,32,33,37)(H,40,41,42). The highest BCUT2D eigenvalue weighted by atomic mass is 32.2. The Bertz CT molecular complexity index is 1840. The maximum atomic E-state index is 14.2. The molecule has 0 bridgehead atoms. The maximum Gasteiger partial charge on any atom is 0.425 e. The van der Waals surface area contributed by atoms with E-state index in [9.17, 15) is 45.8 Å². The first-order valence-corrected chi connectivity index (χ1v) is 17.0. The predicted molar refractivity (Wildman–Crippen MR) is 164 cm³/mol. The summed E-state index contributed by atoms with van der Waals surface area (Å²) in [6, 6.07) is 2.02. The lowest BCUT2D eigenvalue weighted by Crippen LogP contribution is -2.32. The summed E-state index contributed by atoms with van der Waals surface area (Å²) in [4.78, 5) is 38.2. The fourth-order valence-electron chi connectivity index (χ4n) is 5.42. The fraction of sp³-hybridized carbons (Fsp3) is 0.429. The number of hydrogen-bond acceptors (Lipinski definition) is 10. The summed E-state index contributed by atoms with van der Waals surface area (Å²) in [5.41, 5.74) is 0.0276. The summed E-state index contributed by atoms with van der Waals surface area (Å²) >= 11 is 1.67. The monoisotopic (exact) mass is 702 g/mol. The van der Waals surface area contributed by atoms with Crippen molar-refractivity contribution in [2.75, 3.05) is 23.4 Å². The van der Waals surface area contributed by atoms with E-state index in [1.54, 1.807) is 20.8 Å². The lowest BCUT2D eigenvalue weighted by atomic mass is 9.84. The number of thiophene rings is 2. The molecule has 248 valence electrons. The van der Waals surface area contributed by atoms with E-state index in [0.717, 1.165) is 22.6 Å². The second kappa shape index (κ2) is 12.2. The number of carbonyl (C=O) groups excluding carboxylic acids is 2. The molecule has 12 nitrogen and oxygen atoms in total. The predicted octanol–water partition coefficient (Wildman–Crippen LogP) is 6.17. The number of ether oxygens (including phenoxy) is 1. The molecule has 0 radical (unpaired) electrons. The zero-order valence-corrected chi connectivity index (χ0v) is 27.2. The van der Waals surface area contributed by atoms with Crippen molar-refractivity contribution in [1.29, 1.82) is 0 Å². The quantitative estimate of drug-likeness (QED) is 0.113. The largest absolute Gasteiger partial charge is 0.425 e. The number of nitro benzene ring substituents is 1. The van der Waals surface area contributed by atoms with Gasteiger partial charge in [0.15, 0.2) is 5.78 Å². The molecule has 0 saturated carbocycles. The van der Waals surface area contributed by atoms with Crippen LogP contribution in [0.3, 0.4) is 0 Å². The zero-order chi connectivity index (χ0) is 33.8. The van der Waals surface area contributed by atoms with Crippen molar-refractivity contribution < 1.29 is 45.4 Å². The Balaban J connectivity index is 1.39. The number of anilines is 2. The van der Waals surface area contributed by atoms with E-state index in [4.69, 9.17) is 4.74 Å². The van der Waals surface area contributed by atoms with Gasteiger partial charge in [-0.25, -0.2) is 4.79 Å². The summed E-state index contributed by atoms with van der Waals surface area (Å²) in [7, 11) is -4.73. The number of amides is 2. The van der Waals surface area contributed by atoms with Crippen LogP contribution in [0.4, 0.5) is 34.3 Å². The number of halogens is 3. The van der Waals surface area contributed by atoms with Crippen molar-refractivity contribution in [3.05, 3.63) is 65.2 Å². The summed E-state index contributed by atoms with van der Waals surface area (Å²) in [5.74, 6) is -0.175. The van der Waals surface area contributed by atoms with Gasteiger partial charge < -0.3 is 15.0 Å². The van der Waals surface area contributed by atoms with Crippen LogP contribution in [0.2, 0.25) is 0 Å². The van der Waals surface area contributed by atoms with Gasteiger partial charge in [-0.15, -0.1) is 22.7 Å². The molecule has 2 amide bonds. The number of nitro groups is 1. The average molecular weight is 703 g/mol. The van der Waals surface area contributed by atoms with Gasteiger partial charge in [-0.1, -0.05) is 20.8 Å². The smallest absolute Gasteiger partial charge is 0.376 e. The number of nitrogens with one attached hydrogen (secondary N) is 2. The van der Waals surface area contributed by atoms with Crippen LogP contribution < -0.4 is 15.5 Å². The van der Waals surface area contributed by atoms with Gasteiger partial charge in [0.25, 0.3) is 15.8 Å². The number of hydrogen-bond donors (Lipinski definition) is 3. The van der Waals surface area contributed by atoms with Gasteiger partial charge >= 0.3 is 12.2 Å². The van der Waals surface area contributed by atoms with Crippen molar-refractivity contribution in [3.63, 3.8) is 0 Å². The number of ketones is 1. The normalized spacial score (nSPS) is 15.2. The zero-order valence-electron chi connectivity index (χ0n) is 24.7. The van der Waals surface area contributed by atoms with E-state index in [1.165, 1.54) is 16.2 Å². The molecule has 0 atom stereocenters. The minimum Gasteiger partial charge on any atom is -0.376 e.